The Balaban J connectivity index is 2.32. The van der Waals surface area contributed by atoms with Crippen LogP contribution in [0.5, 0.6) is 11.5 Å². The fourth-order valence-corrected chi connectivity index (χ4v) is 1.92. The number of carbonyl (C=O) groups excluding carboxylic acids is 1. The molecule has 0 aliphatic carbocycles. The Labute approximate surface area is 118 Å². The van der Waals surface area contributed by atoms with Gasteiger partial charge in [0.2, 0.25) is 5.91 Å². The normalized spacial score (nSPS) is 10.2. The SMILES string of the molecule is Cc1cccc(C)c1Oc1ccccc1NC(=O)CO. The van der Waals surface area contributed by atoms with Crippen LogP contribution in [0.3, 0.4) is 0 Å². The number of hydrogen-bond acceptors (Lipinski definition) is 3. The van der Waals surface area contributed by atoms with Gasteiger partial charge in [-0.3, -0.25) is 4.79 Å². The fourth-order valence-electron chi connectivity index (χ4n) is 1.92. The summed E-state index contributed by atoms with van der Waals surface area (Å²) in [6, 6.07) is 13.0. The van der Waals surface area contributed by atoms with Crippen molar-refractivity contribution in [3.8, 4) is 11.5 Å². The number of aliphatic hydroxyl groups is 1. The monoisotopic (exact) mass is 271 g/mol. The lowest BCUT2D eigenvalue weighted by Crippen LogP contribution is -2.15. The molecule has 0 unspecified atom stereocenters. The zero-order chi connectivity index (χ0) is 14.5. The summed E-state index contributed by atoms with van der Waals surface area (Å²) in [5.41, 5.74) is 2.58. The fraction of sp³-hybridized carbons (Fsp3) is 0.188. The molecule has 0 heterocycles. The van der Waals surface area contributed by atoms with E-state index in [-0.39, 0.29) is 0 Å². The van der Waals surface area contributed by atoms with Crippen molar-refractivity contribution < 1.29 is 14.6 Å². The van der Waals surface area contributed by atoms with E-state index in [1.165, 1.54) is 0 Å². The average Bonchev–Trinajstić information content (AvgIpc) is 2.44. The summed E-state index contributed by atoms with van der Waals surface area (Å²) >= 11 is 0. The van der Waals surface area contributed by atoms with Gasteiger partial charge in [-0.05, 0) is 37.1 Å². The summed E-state index contributed by atoms with van der Waals surface area (Å²) < 4.78 is 5.92. The van der Waals surface area contributed by atoms with Crippen LogP contribution in [-0.4, -0.2) is 17.6 Å². The van der Waals surface area contributed by atoms with Gasteiger partial charge < -0.3 is 15.2 Å². The van der Waals surface area contributed by atoms with Crippen molar-refractivity contribution in [1.29, 1.82) is 0 Å². The van der Waals surface area contributed by atoms with Crippen LogP contribution in [0.4, 0.5) is 5.69 Å². The Morgan fingerprint density at radius 1 is 1.10 bits per heavy atom. The van der Waals surface area contributed by atoms with Gasteiger partial charge in [0.25, 0.3) is 0 Å². The maximum Gasteiger partial charge on any atom is 0.250 e. The van der Waals surface area contributed by atoms with E-state index in [9.17, 15) is 4.79 Å². The lowest BCUT2D eigenvalue weighted by Gasteiger charge is -2.15. The highest BCUT2D eigenvalue weighted by molar-refractivity contribution is 5.93. The van der Waals surface area contributed by atoms with Crippen LogP contribution >= 0.6 is 0 Å². The number of carbonyl (C=O) groups is 1. The molecule has 2 aromatic carbocycles. The number of aryl methyl sites for hydroxylation is 2. The summed E-state index contributed by atoms with van der Waals surface area (Å²) in [7, 11) is 0. The highest BCUT2D eigenvalue weighted by Gasteiger charge is 2.10. The number of hydrogen-bond donors (Lipinski definition) is 2. The van der Waals surface area contributed by atoms with Gasteiger partial charge in [-0.2, -0.15) is 0 Å². The van der Waals surface area contributed by atoms with Crippen molar-refractivity contribution >= 4 is 11.6 Å². The van der Waals surface area contributed by atoms with Gasteiger partial charge in [0, 0.05) is 0 Å². The molecule has 0 spiro atoms. The number of amides is 1. The molecule has 20 heavy (non-hydrogen) atoms. The van der Waals surface area contributed by atoms with Gasteiger partial charge >= 0.3 is 0 Å². The molecule has 0 aliphatic heterocycles. The van der Waals surface area contributed by atoms with Crippen molar-refractivity contribution in [1.82, 2.24) is 0 Å². The Morgan fingerprint density at radius 3 is 2.40 bits per heavy atom. The second-order valence-electron chi connectivity index (χ2n) is 4.53. The number of nitrogens with one attached hydrogen (secondary N) is 1. The summed E-state index contributed by atoms with van der Waals surface area (Å²) in [6.45, 7) is 3.38. The molecule has 4 heteroatoms. The molecule has 0 radical (unpaired) electrons. The molecule has 2 rings (SSSR count). The van der Waals surface area contributed by atoms with Gasteiger partial charge in [-0.15, -0.1) is 0 Å². The summed E-state index contributed by atoms with van der Waals surface area (Å²) in [5, 5.41) is 11.4. The van der Waals surface area contributed by atoms with Gasteiger partial charge in [-0.25, -0.2) is 0 Å². The highest BCUT2D eigenvalue weighted by atomic mass is 16.5. The Bertz CT molecular complexity index is 603. The minimum Gasteiger partial charge on any atom is -0.455 e. The summed E-state index contributed by atoms with van der Waals surface area (Å²) in [5.74, 6) is 0.854. The average molecular weight is 271 g/mol. The Hall–Kier alpha value is -2.33. The Morgan fingerprint density at radius 2 is 1.75 bits per heavy atom. The van der Waals surface area contributed by atoms with E-state index in [4.69, 9.17) is 9.84 Å². The minimum atomic E-state index is -0.558. The first-order valence-corrected chi connectivity index (χ1v) is 6.35. The zero-order valence-electron chi connectivity index (χ0n) is 11.5. The zero-order valence-corrected chi connectivity index (χ0v) is 11.5. The molecule has 1 amide bonds. The molecule has 4 nitrogen and oxygen atoms in total. The van der Waals surface area contributed by atoms with Gasteiger partial charge in [-0.1, -0.05) is 30.3 Å². The molecular weight excluding hydrogens is 254 g/mol. The summed E-state index contributed by atoms with van der Waals surface area (Å²) in [6.07, 6.45) is 0. The summed E-state index contributed by atoms with van der Waals surface area (Å²) in [4.78, 5) is 11.3. The molecule has 0 atom stereocenters. The quantitative estimate of drug-likeness (QED) is 0.898. The first-order chi connectivity index (χ1) is 9.61. The molecule has 104 valence electrons. The first kappa shape index (κ1) is 14.1. The number of ether oxygens (including phenoxy) is 1. The molecule has 0 bridgehead atoms. The van der Waals surface area contributed by atoms with Crippen LogP contribution in [0.15, 0.2) is 42.5 Å². The van der Waals surface area contributed by atoms with E-state index >= 15 is 0 Å². The van der Waals surface area contributed by atoms with Crippen molar-refractivity contribution in [3.63, 3.8) is 0 Å². The number of benzene rings is 2. The number of para-hydroxylation sites is 3. The number of aliphatic hydroxyl groups excluding tert-OH is 1. The maximum atomic E-state index is 11.3. The van der Waals surface area contributed by atoms with Crippen LogP contribution in [0.25, 0.3) is 0 Å². The molecule has 0 aliphatic rings. The van der Waals surface area contributed by atoms with E-state index < -0.39 is 12.5 Å². The third-order valence-corrected chi connectivity index (χ3v) is 2.93. The van der Waals surface area contributed by atoms with Crippen LogP contribution in [0.1, 0.15) is 11.1 Å². The molecule has 2 aromatic rings. The molecule has 2 N–H and O–H groups in total. The predicted molar refractivity (Wildman–Crippen MR) is 78.1 cm³/mol. The molecule has 0 aromatic heterocycles. The minimum absolute atomic E-state index is 0.470. The van der Waals surface area contributed by atoms with E-state index in [1.807, 2.05) is 38.1 Å². The van der Waals surface area contributed by atoms with E-state index in [0.29, 0.717) is 11.4 Å². The van der Waals surface area contributed by atoms with E-state index in [0.717, 1.165) is 16.9 Å². The Kier molecular flexibility index (Phi) is 4.38. The number of anilines is 1. The highest BCUT2D eigenvalue weighted by Crippen LogP contribution is 2.33. The smallest absolute Gasteiger partial charge is 0.250 e. The van der Waals surface area contributed by atoms with Crippen LogP contribution in [-0.2, 0) is 4.79 Å². The van der Waals surface area contributed by atoms with Crippen LogP contribution in [0.2, 0.25) is 0 Å². The third-order valence-electron chi connectivity index (χ3n) is 2.93. The molecule has 0 saturated carbocycles. The van der Waals surface area contributed by atoms with E-state index in [2.05, 4.69) is 5.32 Å². The van der Waals surface area contributed by atoms with Crippen LogP contribution in [0, 0.1) is 13.8 Å². The van der Waals surface area contributed by atoms with Crippen LogP contribution < -0.4 is 10.1 Å². The lowest BCUT2D eigenvalue weighted by molar-refractivity contribution is -0.118. The lowest BCUT2D eigenvalue weighted by atomic mass is 10.1. The second-order valence-corrected chi connectivity index (χ2v) is 4.53. The predicted octanol–water partition coefficient (Wildman–Crippen LogP) is 3.03. The van der Waals surface area contributed by atoms with Crippen molar-refractivity contribution in [2.75, 3.05) is 11.9 Å². The third kappa shape index (κ3) is 3.16. The van der Waals surface area contributed by atoms with Gasteiger partial charge in [0.05, 0.1) is 5.69 Å². The van der Waals surface area contributed by atoms with Crippen molar-refractivity contribution in [2.24, 2.45) is 0 Å². The molecular formula is C16H17NO3. The standard InChI is InChI=1S/C16H17NO3/c1-11-6-5-7-12(2)16(11)20-14-9-4-3-8-13(14)17-15(19)10-18/h3-9,18H,10H2,1-2H3,(H,17,19). The van der Waals surface area contributed by atoms with Gasteiger partial charge in [0.1, 0.15) is 12.4 Å². The van der Waals surface area contributed by atoms with Crippen molar-refractivity contribution in [2.45, 2.75) is 13.8 Å². The number of rotatable bonds is 4. The maximum absolute atomic E-state index is 11.3. The topological polar surface area (TPSA) is 58.6 Å². The largest absolute Gasteiger partial charge is 0.455 e. The van der Waals surface area contributed by atoms with Crippen molar-refractivity contribution in [3.05, 3.63) is 53.6 Å². The van der Waals surface area contributed by atoms with Gasteiger partial charge in [0.15, 0.2) is 5.75 Å². The van der Waals surface area contributed by atoms with E-state index in [1.54, 1.807) is 18.2 Å². The molecule has 0 fully saturated rings. The molecule has 0 saturated heterocycles. The second kappa shape index (κ2) is 6.21. The first-order valence-electron chi connectivity index (χ1n) is 6.35.